The molecule has 1 aliphatic carbocycles. The third-order valence-corrected chi connectivity index (χ3v) is 7.91. The number of aromatic carboxylic acids is 1. The molecule has 1 aliphatic heterocycles. The van der Waals surface area contributed by atoms with E-state index < -0.39 is 16.0 Å². The highest BCUT2D eigenvalue weighted by Gasteiger charge is 2.40. The summed E-state index contributed by atoms with van der Waals surface area (Å²) in [6, 6.07) is 5.00. The predicted octanol–water partition coefficient (Wildman–Crippen LogP) is 1.82. The van der Waals surface area contributed by atoms with Gasteiger partial charge in [0.25, 0.3) is 5.91 Å². The van der Waals surface area contributed by atoms with Crippen LogP contribution >= 0.6 is 0 Å². The number of amides is 1. The van der Waals surface area contributed by atoms with Gasteiger partial charge < -0.3 is 20.5 Å². The van der Waals surface area contributed by atoms with Crippen molar-refractivity contribution in [3.8, 4) is 11.3 Å². The van der Waals surface area contributed by atoms with Crippen LogP contribution in [0.3, 0.4) is 0 Å². The summed E-state index contributed by atoms with van der Waals surface area (Å²) in [6.07, 6.45) is 3.66. The highest BCUT2D eigenvalue weighted by molar-refractivity contribution is 7.92. The molecule has 2 aliphatic rings. The molecule has 36 heavy (non-hydrogen) atoms. The molecule has 3 heterocycles. The van der Waals surface area contributed by atoms with Crippen LogP contribution in [0.4, 0.5) is 11.5 Å². The van der Waals surface area contributed by atoms with Crippen molar-refractivity contribution in [1.29, 1.82) is 0 Å². The molecule has 0 radical (unpaired) electrons. The van der Waals surface area contributed by atoms with Gasteiger partial charge in [0.2, 0.25) is 10.0 Å². The molecule has 5 rings (SSSR count). The zero-order valence-electron chi connectivity index (χ0n) is 19.8. The van der Waals surface area contributed by atoms with Gasteiger partial charge in [-0.1, -0.05) is 0 Å². The van der Waals surface area contributed by atoms with Crippen molar-refractivity contribution in [2.24, 2.45) is 5.92 Å². The Bertz CT molecular complexity index is 1500. The Morgan fingerprint density at radius 3 is 2.78 bits per heavy atom. The van der Waals surface area contributed by atoms with Gasteiger partial charge in [0.05, 0.1) is 29.3 Å². The number of ether oxygens (including phenoxy) is 1. The second kappa shape index (κ2) is 8.75. The highest BCUT2D eigenvalue weighted by atomic mass is 32.2. The monoisotopic (exact) mass is 514 g/mol. The smallest absolute Gasteiger partial charge is 0.343 e. The first-order chi connectivity index (χ1) is 17.1. The van der Waals surface area contributed by atoms with Crippen molar-refractivity contribution in [3.63, 3.8) is 0 Å². The van der Waals surface area contributed by atoms with Crippen molar-refractivity contribution >= 4 is 39.1 Å². The summed E-state index contributed by atoms with van der Waals surface area (Å²) < 4.78 is 34.2. The van der Waals surface area contributed by atoms with E-state index in [1.807, 2.05) is 6.92 Å². The first-order valence-corrected chi connectivity index (χ1v) is 13.1. The maximum atomic E-state index is 13.4. The lowest BCUT2D eigenvalue weighted by atomic mass is 10.0. The van der Waals surface area contributed by atoms with Crippen LogP contribution in [0.15, 0.2) is 24.4 Å². The molecule has 4 N–H and O–H groups in total. The zero-order valence-corrected chi connectivity index (χ0v) is 20.6. The maximum absolute atomic E-state index is 13.4. The van der Waals surface area contributed by atoms with Crippen molar-refractivity contribution < 1.29 is 27.9 Å². The lowest BCUT2D eigenvalue weighted by Gasteiger charge is -2.24. The molecule has 0 bridgehead atoms. The fraction of sp³-hybridized carbons (Fsp3) is 0.391. The minimum absolute atomic E-state index is 0.00514. The summed E-state index contributed by atoms with van der Waals surface area (Å²) >= 11 is 0. The van der Waals surface area contributed by atoms with E-state index >= 15 is 0 Å². The average molecular weight is 515 g/mol. The molecule has 1 fully saturated rings. The number of hydrogen-bond donors (Lipinski definition) is 3. The van der Waals surface area contributed by atoms with E-state index in [1.165, 1.54) is 17.8 Å². The fourth-order valence-electron chi connectivity index (χ4n) is 4.59. The Hall–Kier alpha value is -3.71. The Kier molecular flexibility index (Phi) is 5.83. The van der Waals surface area contributed by atoms with Gasteiger partial charge in [-0.3, -0.25) is 9.52 Å². The average Bonchev–Trinajstić information content (AvgIpc) is 3.53. The number of methoxy groups -OCH3 is 1. The topological polar surface area (TPSA) is 169 Å². The summed E-state index contributed by atoms with van der Waals surface area (Å²) in [5.41, 5.74) is 7.62. The minimum atomic E-state index is -3.81. The van der Waals surface area contributed by atoms with Crippen LogP contribution in [0.25, 0.3) is 16.9 Å². The number of carboxylic acids is 1. The third kappa shape index (κ3) is 4.24. The lowest BCUT2D eigenvalue weighted by molar-refractivity contribution is 0.0690. The molecular weight excluding hydrogens is 488 g/mol. The lowest BCUT2D eigenvalue weighted by Crippen LogP contribution is -2.35. The number of carbonyl (C=O) groups is 2. The van der Waals surface area contributed by atoms with E-state index in [9.17, 15) is 23.1 Å². The Balaban J connectivity index is 1.62. The summed E-state index contributed by atoms with van der Waals surface area (Å²) in [7, 11) is -2.40. The molecule has 1 amide bonds. The van der Waals surface area contributed by atoms with E-state index in [-0.39, 0.29) is 47.0 Å². The van der Waals surface area contributed by atoms with Crippen molar-refractivity contribution in [1.82, 2.24) is 19.5 Å². The van der Waals surface area contributed by atoms with Gasteiger partial charge in [-0.2, -0.15) is 0 Å². The number of nitrogens with one attached hydrogen (secondary N) is 1. The number of nitrogens with zero attached hydrogens (tertiary/aromatic N) is 4. The van der Waals surface area contributed by atoms with Gasteiger partial charge in [0.15, 0.2) is 11.5 Å². The van der Waals surface area contributed by atoms with Gasteiger partial charge in [-0.05, 0) is 49.4 Å². The van der Waals surface area contributed by atoms with Crippen LogP contribution in [0, 0.1) is 5.92 Å². The molecule has 0 spiro atoms. The zero-order chi connectivity index (χ0) is 25.8. The highest BCUT2D eigenvalue weighted by Crippen LogP contribution is 2.41. The third-order valence-electron chi connectivity index (χ3n) is 6.67. The molecular formula is C23H26N6O6S. The van der Waals surface area contributed by atoms with Gasteiger partial charge in [-0.15, -0.1) is 5.10 Å². The fourth-order valence-corrected chi connectivity index (χ4v) is 5.58. The maximum Gasteiger partial charge on any atom is 0.343 e. The number of sulfonamides is 1. The van der Waals surface area contributed by atoms with Crippen molar-refractivity contribution in [2.75, 3.05) is 29.9 Å². The van der Waals surface area contributed by atoms with E-state index in [2.05, 4.69) is 14.8 Å². The molecule has 1 atom stereocenters. The molecule has 2 aromatic heterocycles. The number of hydrogen-bond acceptors (Lipinski definition) is 8. The van der Waals surface area contributed by atoms with Crippen molar-refractivity contribution in [3.05, 3.63) is 41.1 Å². The first kappa shape index (κ1) is 24.0. The number of carbonyl (C=O) groups excluding carboxylic acids is 1. The van der Waals surface area contributed by atoms with Crippen LogP contribution < -0.4 is 10.5 Å². The second-order valence-electron chi connectivity index (χ2n) is 9.13. The Morgan fingerprint density at radius 1 is 1.36 bits per heavy atom. The number of fused-ring (bicyclic) bond motifs is 2. The Morgan fingerprint density at radius 2 is 2.11 bits per heavy atom. The van der Waals surface area contributed by atoms with Crippen LogP contribution in [0.2, 0.25) is 0 Å². The number of rotatable bonds is 9. The summed E-state index contributed by atoms with van der Waals surface area (Å²) in [4.78, 5) is 31.3. The summed E-state index contributed by atoms with van der Waals surface area (Å²) in [5.74, 6) is -1.48. The number of aromatic nitrogens is 3. The predicted molar refractivity (Wildman–Crippen MR) is 131 cm³/mol. The summed E-state index contributed by atoms with van der Waals surface area (Å²) in [5, 5.41) is 13.5. The molecule has 13 heteroatoms. The molecule has 3 aromatic rings. The number of carboxylic acid groups (broad SMARTS) is 1. The Labute approximate surface area is 207 Å². The number of benzene rings is 1. The molecule has 0 unspecified atom stereocenters. The van der Waals surface area contributed by atoms with Crippen LogP contribution in [0.1, 0.15) is 46.0 Å². The molecule has 1 aromatic carbocycles. The quantitative estimate of drug-likeness (QED) is 0.385. The van der Waals surface area contributed by atoms with Crippen LogP contribution in [-0.2, 0) is 21.3 Å². The summed E-state index contributed by atoms with van der Waals surface area (Å²) in [6.45, 7) is 2.35. The number of nitrogen functional groups attached to an aromatic ring is 1. The van der Waals surface area contributed by atoms with Gasteiger partial charge in [0.1, 0.15) is 5.56 Å². The number of anilines is 2. The molecule has 190 valence electrons. The standard InChI is InChI=1S/C23H26N6O6S/c1-12(13-3-4-13)28-11-15-9-14(10-17(18(15)22(28)30)27-36(33,34)8-7-35-2)16-5-6-29-21(25-16)19(23(31)32)20(24)26-29/h5-6,9-10,12-13,27H,3-4,7-8,11H2,1-2H3,(H2,24,26)(H,31,32)/t12-/m0/s1. The molecule has 0 saturated heterocycles. The van der Waals surface area contributed by atoms with E-state index in [0.717, 1.165) is 12.8 Å². The van der Waals surface area contributed by atoms with E-state index in [1.54, 1.807) is 23.1 Å². The van der Waals surface area contributed by atoms with Gasteiger partial charge in [-0.25, -0.2) is 22.7 Å². The minimum Gasteiger partial charge on any atom is -0.477 e. The normalized spacial score (nSPS) is 16.4. The van der Waals surface area contributed by atoms with Gasteiger partial charge >= 0.3 is 5.97 Å². The van der Waals surface area contributed by atoms with Crippen molar-refractivity contribution in [2.45, 2.75) is 32.4 Å². The van der Waals surface area contributed by atoms with E-state index in [4.69, 9.17) is 10.5 Å². The van der Waals surface area contributed by atoms with E-state index in [0.29, 0.717) is 34.8 Å². The first-order valence-electron chi connectivity index (χ1n) is 11.5. The number of nitrogens with two attached hydrogens (primary N) is 1. The van der Waals surface area contributed by atoms with Gasteiger partial charge in [0, 0.05) is 31.5 Å². The SMILES string of the molecule is COCCS(=O)(=O)Nc1cc(-c2ccn3nc(N)c(C(=O)O)c3n2)cc2c1C(=O)N([C@@H](C)C1CC1)C2. The van der Waals surface area contributed by atoms with Crippen LogP contribution in [-0.4, -0.2) is 70.4 Å². The second-order valence-corrected chi connectivity index (χ2v) is 11.0. The largest absolute Gasteiger partial charge is 0.477 e. The van der Waals surface area contributed by atoms with Crippen LogP contribution in [0.5, 0.6) is 0 Å². The molecule has 1 saturated carbocycles. The molecule has 12 nitrogen and oxygen atoms in total.